The van der Waals surface area contributed by atoms with E-state index in [4.69, 9.17) is 4.74 Å². The van der Waals surface area contributed by atoms with Crippen LogP contribution in [0.2, 0.25) is 0 Å². The van der Waals surface area contributed by atoms with Crippen molar-refractivity contribution in [2.24, 2.45) is 11.3 Å². The molecule has 2 aromatic rings. The van der Waals surface area contributed by atoms with Crippen LogP contribution in [0, 0.1) is 11.3 Å². The number of pyridine rings is 1. The molecule has 3 rings (SSSR count). The molecular weight excluding hydrogens is 355 g/mol. The predicted molar refractivity (Wildman–Crippen MR) is 98.0 cm³/mol. The van der Waals surface area contributed by atoms with Crippen molar-refractivity contribution in [2.45, 2.75) is 58.7 Å². The van der Waals surface area contributed by atoms with E-state index >= 15 is 0 Å². The number of halogens is 3. The Morgan fingerprint density at radius 2 is 1.70 bits per heavy atom. The number of aromatic nitrogens is 1. The van der Waals surface area contributed by atoms with Gasteiger partial charge in [0.1, 0.15) is 17.0 Å². The van der Waals surface area contributed by atoms with Crippen molar-refractivity contribution in [3.8, 4) is 5.75 Å². The first-order valence-corrected chi connectivity index (χ1v) is 9.22. The number of carbonyl (C=O) groups is 1. The molecule has 1 fully saturated rings. The van der Waals surface area contributed by atoms with E-state index in [2.05, 4.69) is 25.8 Å². The lowest BCUT2D eigenvalue weighted by atomic mass is 9.72. The van der Waals surface area contributed by atoms with E-state index in [0.29, 0.717) is 12.2 Å². The third-order valence-electron chi connectivity index (χ3n) is 5.45. The zero-order valence-corrected chi connectivity index (χ0v) is 15.8. The fourth-order valence-corrected chi connectivity index (χ4v) is 3.88. The number of fused-ring (bicyclic) bond motifs is 1. The lowest BCUT2D eigenvalue weighted by Gasteiger charge is -2.37. The van der Waals surface area contributed by atoms with Gasteiger partial charge in [0.05, 0.1) is 11.6 Å². The Hall–Kier alpha value is -2.11. The molecule has 0 amide bonds. The van der Waals surface area contributed by atoms with Gasteiger partial charge in [-0.1, -0.05) is 20.8 Å². The topological polar surface area (TPSA) is 39.2 Å². The summed E-state index contributed by atoms with van der Waals surface area (Å²) >= 11 is 0. The highest BCUT2D eigenvalue weighted by Crippen LogP contribution is 2.43. The number of benzene rings is 1. The van der Waals surface area contributed by atoms with Crippen LogP contribution in [0.25, 0.3) is 10.9 Å². The van der Waals surface area contributed by atoms with Crippen LogP contribution in [-0.4, -0.2) is 17.4 Å². The monoisotopic (exact) mass is 379 g/mol. The standard InChI is InChI=1S/C21H24F3NO2/c1-20(2,3)13-4-7-15(8-5-13)27-18-11-10-17-16(19(18)21(22,23)24)9-6-14(12-26)25-17/h6,9-13,15H,4-5,7-8H2,1-3H3. The minimum absolute atomic E-state index is 0.0472. The maximum absolute atomic E-state index is 13.8. The molecule has 1 aromatic carbocycles. The number of ether oxygens (including phenoxy) is 1. The molecule has 0 spiro atoms. The summed E-state index contributed by atoms with van der Waals surface area (Å²) < 4.78 is 47.1. The molecule has 146 valence electrons. The summed E-state index contributed by atoms with van der Waals surface area (Å²) in [5.74, 6) is 0.400. The van der Waals surface area contributed by atoms with Crippen LogP contribution in [0.3, 0.4) is 0 Å². The van der Waals surface area contributed by atoms with Gasteiger partial charge in [0.25, 0.3) is 0 Å². The number of rotatable bonds is 3. The zero-order valence-electron chi connectivity index (χ0n) is 15.8. The number of hydrogen-bond acceptors (Lipinski definition) is 3. The van der Waals surface area contributed by atoms with E-state index in [1.54, 1.807) is 0 Å². The van der Waals surface area contributed by atoms with Crippen LogP contribution in [0.5, 0.6) is 5.75 Å². The molecule has 0 radical (unpaired) electrons. The molecule has 1 aliphatic rings. The van der Waals surface area contributed by atoms with Crippen molar-refractivity contribution >= 4 is 17.2 Å². The predicted octanol–water partition coefficient (Wildman–Crippen LogP) is 6.05. The van der Waals surface area contributed by atoms with Gasteiger partial charge >= 0.3 is 6.18 Å². The van der Waals surface area contributed by atoms with E-state index in [1.807, 2.05) is 0 Å². The normalized spacial score (nSPS) is 21.3. The Labute approximate surface area is 156 Å². The van der Waals surface area contributed by atoms with E-state index in [-0.39, 0.29) is 33.9 Å². The second kappa shape index (κ2) is 7.13. The van der Waals surface area contributed by atoms with Gasteiger partial charge in [-0.3, -0.25) is 4.79 Å². The molecule has 1 aliphatic carbocycles. The minimum atomic E-state index is -4.57. The molecule has 0 saturated heterocycles. The summed E-state index contributed by atoms with van der Waals surface area (Å²) in [6, 6.07) is 5.39. The summed E-state index contributed by atoms with van der Waals surface area (Å²) in [5, 5.41) is -0.0472. The summed E-state index contributed by atoms with van der Waals surface area (Å²) in [7, 11) is 0. The van der Waals surface area contributed by atoms with E-state index in [1.165, 1.54) is 24.3 Å². The van der Waals surface area contributed by atoms with Crippen molar-refractivity contribution < 1.29 is 22.7 Å². The first kappa shape index (κ1) is 19.6. The van der Waals surface area contributed by atoms with Crippen molar-refractivity contribution in [1.29, 1.82) is 0 Å². The van der Waals surface area contributed by atoms with Gasteiger partial charge in [-0.15, -0.1) is 0 Å². The van der Waals surface area contributed by atoms with Gasteiger partial charge in [0, 0.05) is 5.39 Å². The minimum Gasteiger partial charge on any atom is -0.490 e. The number of aldehydes is 1. The molecule has 27 heavy (non-hydrogen) atoms. The van der Waals surface area contributed by atoms with Gasteiger partial charge in [0.2, 0.25) is 0 Å². The molecule has 1 saturated carbocycles. The van der Waals surface area contributed by atoms with E-state index in [0.717, 1.165) is 25.7 Å². The van der Waals surface area contributed by atoms with Gasteiger partial charge in [-0.25, -0.2) is 4.98 Å². The van der Waals surface area contributed by atoms with Crippen LogP contribution >= 0.6 is 0 Å². The Bertz CT molecular complexity index is 832. The van der Waals surface area contributed by atoms with Crippen LogP contribution in [0.1, 0.15) is 62.5 Å². The first-order chi connectivity index (χ1) is 12.6. The van der Waals surface area contributed by atoms with Crippen molar-refractivity contribution in [3.05, 3.63) is 35.5 Å². The van der Waals surface area contributed by atoms with Crippen LogP contribution in [-0.2, 0) is 6.18 Å². The molecule has 0 unspecified atom stereocenters. The SMILES string of the molecule is CC(C)(C)C1CCC(Oc2ccc3nc(C=O)ccc3c2C(F)(F)F)CC1. The second-order valence-corrected chi connectivity index (χ2v) is 8.31. The molecule has 6 heteroatoms. The molecule has 0 atom stereocenters. The van der Waals surface area contributed by atoms with Crippen LogP contribution in [0.4, 0.5) is 13.2 Å². The number of alkyl halides is 3. The van der Waals surface area contributed by atoms with Crippen molar-refractivity contribution in [1.82, 2.24) is 4.98 Å². The largest absolute Gasteiger partial charge is 0.490 e. The summed E-state index contributed by atoms with van der Waals surface area (Å²) in [4.78, 5) is 14.8. The van der Waals surface area contributed by atoms with Gasteiger partial charge < -0.3 is 4.74 Å². The summed E-state index contributed by atoms with van der Waals surface area (Å²) in [6.07, 6.45) is -0.865. The maximum atomic E-state index is 13.8. The van der Waals surface area contributed by atoms with Gasteiger partial charge in [0.15, 0.2) is 6.29 Å². The Morgan fingerprint density at radius 3 is 2.26 bits per heavy atom. The molecule has 3 nitrogen and oxygen atoms in total. The molecular formula is C21H24F3NO2. The quantitative estimate of drug-likeness (QED) is 0.610. The first-order valence-electron chi connectivity index (χ1n) is 9.22. The summed E-state index contributed by atoms with van der Waals surface area (Å²) in [5.41, 5.74) is -0.379. The summed E-state index contributed by atoms with van der Waals surface area (Å²) in [6.45, 7) is 6.60. The van der Waals surface area contributed by atoms with Crippen LogP contribution < -0.4 is 4.74 Å². The average Bonchev–Trinajstić information content (AvgIpc) is 2.59. The Kier molecular flexibility index (Phi) is 5.19. The van der Waals surface area contributed by atoms with Gasteiger partial charge in [-0.05, 0) is 61.3 Å². The molecule has 0 N–H and O–H groups in total. The molecule has 0 aliphatic heterocycles. The number of carbonyl (C=O) groups excluding carboxylic acids is 1. The molecule has 0 bridgehead atoms. The maximum Gasteiger partial charge on any atom is 0.420 e. The lowest BCUT2D eigenvalue weighted by molar-refractivity contribution is -0.138. The zero-order chi connectivity index (χ0) is 19.8. The molecule has 1 heterocycles. The Morgan fingerprint density at radius 1 is 1.04 bits per heavy atom. The van der Waals surface area contributed by atoms with E-state index < -0.39 is 11.7 Å². The molecule has 1 aromatic heterocycles. The van der Waals surface area contributed by atoms with Gasteiger partial charge in [-0.2, -0.15) is 13.2 Å². The highest BCUT2D eigenvalue weighted by Gasteiger charge is 2.38. The highest BCUT2D eigenvalue weighted by molar-refractivity contribution is 5.88. The smallest absolute Gasteiger partial charge is 0.420 e. The number of hydrogen-bond donors (Lipinski definition) is 0. The highest BCUT2D eigenvalue weighted by atomic mass is 19.4. The Balaban J connectivity index is 1.90. The second-order valence-electron chi connectivity index (χ2n) is 8.31. The van der Waals surface area contributed by atoms with Crippen molar-refractivity contribution in [2.75, 3.05) is 0 Å². The van der Waals surface area contributed by atoms with E-state index in [9.17, 15) is 18.0 Å². The third-order valence-corrected chi connectivity index (χ3v) is 5.45. The fraction of sp³-hybridized carbons (Fsp3) is 0.524. The number of nitrogens with zero attached hydrogens (tertiary/aromatic N) is 1. The van der Waals surface area contributed by atoms with Crippen molar-refractivity contribution in [3.63, 3.8) is 0 Å². The fourth-order valence-electron chi connectivity index (χ4n) is 3.88. The third kappa shape index (κ3) is 4.25. The van der Waals surface area contributed by atoms with Crippen LogP contribution in [0.15, 0.2) is 24.3 Å². The lowest BCUT2D eigenvalue weighted by Crippen LogP contribution is -2.31. The average molecular weight is 379 g/mol.